The van der Waals surface area contributed by atoms with Crippen molar-refractivity contribution in [1.29, 1.82) is 0 Å². The van der Waals surface area contributed by atoms with E-state index < -0.39 is 41.0 Å². The van der Waals surface area contributed by atoms with Gasteiger partial charge < -0.3 is 20.3 Å². The van der Waals surface area contributed by atoms with Gasteiger partial charge in [-0.3, -0.25) is 9.59 Å². The van der Waals surface area contributed by atoms with Crippen molar-refractivity contribution in [2.45, 2.75) is 44.8 Å². The van der Waals surface area contributed by atoms with E-state index in [-0.39, 0.29) is 5.92 Å². The smallest absolute Gasteiger partial charge is 0.408 e. The Labute approximate surface area is 116 Å². The summed E-state index contributed by atoms with van der Waals surface area (Å²) in [5.74, 6) is -4.19. The van der Waals surface area contributed by atoms with Crippen LogP contribution in [0.3, 0.4) is 0 Å². The molecule has 2 fully saturated rings. The quantitative estimate of drug-likeness (QED) is 0.715. The van der Waals surface area contributed by atoms with Gasteiger partial charge in [-0.25, -0.2) is 4.79 Å². The Hall–Kier alpha value is -1.79. The Morgan fingerprint density at radius 3 is 2.15 bits per heavy atom. The van der Waals surface area contributed by atoms with Crippen molar-refractivity contribution in [3.8, 4) is 0 Å². The lowest BCUT2D eigenvalue weighted by Gasteiger charge is -2.26. The fourth-order valence-electron chi connectivity index (χ4n) is 3.39. The van der Waals surface area contributed by atoms with E-state index >= 15 is 0 Å². The first-order valence-corrected chi connectivity index (χ1v) is 6.56. The second-order valence-corrected chi connectivity index (χ2v) is 6.45. The molecule has 0 aromatic carbocycles. The predicted octanol–water partition coefficient (Wildman–Crippen LogP) is 1.08. The van der Waals surface area contributed by atoms with Crippen LogP contribution in [0.15, 0.2) is 0 Å². The zero-order valence-electron chi connectivity index (χ0n) is 11.7. The molecule has 7 nitrogen and oxygen atoms in total. The van der Waals surface area contributed by atoms with E-state index in [0.29, 0.717) is 12.8 Å². The summed E-state index contributed by atoms with van der Waals surface area (Å²) in [6.45, 7) is 5.06. The first-order chi connectivity index (χ1) is 9.09. The van der Waals surface area contributed by atoms with Crippen LogP contribution in [0.4, 0.5) is 4.79 Å². The molecule has 4 atom stereocenters. The number of hydrogen-bond acceptors (Lipinski definition) is 4. The largest absolute Gasteiger partial charge is 0.481 e. The van der Waals surface area contributed by atoms with Gasteiger partial charge in [0.2, 0.25) is 0 Å². The maximum atomic E-state index is 11.9. The molecule has 2 saturated carbocycles. The Morgan fingerprint density at radius 1 is 1.15 bits per heavy atom. The van der Waals surface area contributed by atoms with Crippen LogP contribution in [0.5, 0.6) is 0 Å². The van der Waals surface area contributed by atoms with Gasteiger partial charge in [-0.1, -0.05) is 0 Å². The van der Waals surface area contributed by atoms with Crippen LogP contribution in [-0.2, 0) is 14.3 Å². The summed E-state index contributed by atoms with van der Waals surface area (Å²) in [6, 6.07) is 0. The molecule has 2 aliphatic carbocycles. The molecule has 0 aromatic rings. The summed E-state index contributed by atoms with van der Waals surface area (Å²) < 4.78 is 5.11. The fraction of sp³-hybridized carbons (Fsp3) is 0.769. The molecule has 0 radical (unpaired) electrons. The van der Waals surface area contributed by atoms with E-state index in [1.54, 1.807) is 20.8 Å². The molecule has 3 N–H and O–H groups in total. The second-order valence-electron chi connectivity index (χ2n) is 6.45. The van der Waals surface area contributed by atoms with Gasteiger partial charge in [0.05, 0.1) is 17.4 Å². The average Bonchev–Trinajstić information content (AvgIpc) is 2.69. The van der Waals surface area contributed by atoms with E-state index in [9.17, 15) is 24.6 Å². The minimum absolute atomic E-state index is 0.325. The summed E-state index contributed by atoms with van der Waals surface area (Å²) in [5, 5.41) is 20.9. The van der Waals surface area contributed by atoms with E-state index in [1.807, 2.05) is 0 Å². The van der Waals surface area contributed by atoms with Gasteiger partial charge in [-0.05, 0) is 39.5 Å². The number of hydrogen-bond donors (Lipinski definition) is 3. The van der Waals surface area contributed by atoms with Crippen molar-refractivity contribution < 1.29 is 29.3 Å². The normalized spacial score (nSPS) is 35.0. The summed E-state index contributed by atoms with van der Waals surface area (Å²) >= 11 is 0. The van der Waals surface area contributed by atoms with Gasteiger partial charge in [0, 0.05) is 0 Å². The van der Waals surface area contributed by atoms with E-state index in [4.69, 9.17) is 4.74 Å². The van der Waals surface area contributed by atoms with Crippen molar-refractivity contribution in [3.63, 3.8) is 0 Å². The zero-order chi connectivity index (χ0) is 15.3. The summed E-state index contributed by atoms with van der Waals surface area (Å²) in [6.07, 6.45) is 0.0999. The van der Waals surface area contributed by atoms with E-state index in [0.717, 1.165) is 0 Å². The number of alkyl carbamates (subject to hydrolysis) is 1. The minimum Gasteiger partial charge on any atom is -0.481 e. The van der Waals surface area contributed by atoms with Crippen LogP contribution in [0.1, 0.15) is 33.6 Å². The molecule has 0 heterocycles. The van der Waals surface area contributed by atoms with E-state index in [1.165, 1.54) is 0 Å². The molecule has 7 heteroatoms. The number of amides is 1. The molecule has 0 spiro atoms. The molecule has 0 bridgehead atoms. The van der Waals surface area contributed by atoms with Gasteiger partial charge in [0.15, 0.2) is 0 Å². The van der Waals surface area contributed by atoms with Crippen molar-refractivity contribution in [1.82, 2.24) is 5.32 Å². The molecule has 0 aromatic heterocycles. The van der Waals surface area contributed by atoms with Crippen molar-refractivity contribution in [2.75, 3.05) is 0 Å². The van der Waals surface area contributed by atoms with Crippen LogP contribution in [0.25, 0.3) is 0 Å². The summed E-state index contributed by atoms with van der Waals surface area (Å²) in [5.41, 5.74) is -1.92. The highest BCUT2D eigenvalue weighted by Crippen LogP contribution is 2.64. The lowest BCUT2D eigenvalue weighted by Crippen LogP contribution is -2.49. The number of carbonyl (C=O) groups excluding carboxylic acids is 1. The molecule has 0 saturated heterocycles. The molecule has 2 rings (SSSR count). The lowest BCUT2D eigenvalue weighted by atomic mass is 9.94. The predicted molar refractivity (Wildman–Crippen MR) is 67.1 cm³/mol. The third-order valence-corrected chi connectivity index (χ3v) is 4.05. The maximum absolute atomic E-state index is 11.9. The van der Waals surface area contributed by atoms with Gasteiger partial charge in [-0.2, -0.15) is 0 Å². The average molecular weight is 285 g/mol. The Morgan fingerprint density at radius 2 is 1.75 bits per heavy atom. The second kappa shape index (κ2) is 4.36. The molecule has 1 amide bonds. The number of aliphatic carboxylic acids is 2. The van der Waals surface area contributed by atoms with Crippen LogP contribution in [0, 0.1) is 17.8 Å². The standard InChI is InChI=1S/C13H19NO6/c1-12(2,3)20-11(19)14-13-6(8(13)10(17)18)4-5-7(13)9(15)16/h6-8H,4-5H2,1-3H3,(H,14,19)(H,15,16)(H,17,18). The molecule has 112 valence electrons. The number of nitrogens with one attached hydrogen (secondary N) is 1. The minimum atomic E-state index is -1.19. The lowest BCUT2D eigenvalue weighted by molar-refractivity contribution is -0.144. The molecule has 2 aliphatic rings. The Balaban J connectivity index is 2.18. The number of ether oxygens (including phenoxy) is 1. The van der Waals surface area contributed by atoms with Crippen molar-refractivity contribution >= 4 is 18.0 Å². The number of fused-ring (bicyclic) bond motifs is 1. The van der Waals surface area contributed by atoms with Gasteiger partial charge in [0.1, 0.15) is 5.60 Å². The van der Waals surface area contributed by atoms with Gasteiger partial charge in [0.25, 0.3) is 0 Å². The van der Waals surface area contributed by atoms with Crippen molar-refractivity contribution in [3.05, 3.63) is 0 Å². The number of carboxylic acid groups (broad SMARTS) is 2. The monoisotopic (exact) mass is 285 g/mol. The molecule has 0 aliphatic heterocycles. The third-order valence-electron chi connectivity index (χ3n) is 4.05. The highest BCUT2D eigenvalue weighted by molar-refractivity contribution is 5.86. The van der Waals surface area contributed by atoms with Crippen LogP contribution >= 0.6 is 0 Å². The third kappa shape index (κ3) is 2.21. The highest BCUT2D eigenvalue weighted by Gasteiger charge is 2.77. The Kier molecular flexibility index (Phi) is 3.19. The fourth-order valence-corrected chi connectivity index (χ4v) is 3.39. The first-order valence-electron chi connectivity index (χ1n) is 6.56. The van der Waals surface area contributed by atoms with Gasteiger partial charge >= 0.3 is 18.0 Å². The highest BCUT2D eigenvalue weighted by atomic mass is 16.6. The van der Waals surface area contributed by atoms with Crippen molar-refractivity contribution in [2.24, 2.45) is 17.8 Å². The van der Waals surface area contributed by atoms with Gasteiger partial charge in [-0.15, -0.1) is 0 Å². The molecule has 20 heavy (non-hydrogen) atoms. The van der Waals surface area contributed by atoms with Crippen LogP contribution in [-0.4, -0.2) is 39.4 Å². The summed E-state index contributed by atoms with van der Waals surface area (Å²) in [4.78, 5) is 34.4. The maximum Gasteiger partial charge on any atom is 0.408 e. The number of carboxylic acids is 2. The molecule has 4 unspecified atom stereocenters. The topological polar surface area (TPSA) is 113 Å². The van der Waals surface area contributed by atoms with Crippen LogP contribution in [0.2, 0.25) is 0 Å². The number of carbonyl (C=O) groups is 3. The summed E-state index contributed by atoms with van der Waals surface area (Å²) in [7, 11) is 0. The Bertz CT molecular complexity index is 468. The molecular formula is C13H19NO6. The first kappa shape index (κ1) is 14.6. The zero-order valence-corrected chi connectivity index (χ0v) is 11.7. The van der Waals surface area contributed by atoms with Crippen LogP contribution < -0.4 is 5.32 Å². The molecular weight excluding hydrogens is 266 g/mol. The SMILES string of the molecule is CC(C)(C)OC(=O)NC12C(C(=O)O)CCC1C2C(=O)O. The van der Waals surface area contributed by atoms with E-state index in [2.05, 4.69) is 5.32 Å². The number of rotatable bonds is 3.